The molecule has 2 fully saturated rings. The molecule has 2 aliphatic heterocycles. The van der Waals surface area contributed by atoms with Crippen molar-refractivity contribution in [2.75, 3.05) is 19.7 Å². The Bertz CT molecular complexity index is 1540. The molecule has 11 heteroatoms. The van der Waals surface area contributed by atoms with Gasteiger partial charge < -0.3 is 29.9 Å². The number of carbonyl (C=O) groups excluding carboxylic acids is 2. The van der Waals surface area contributed by atoms with Crippen LogP contribution < -0.4 is 5.32 Å². The molecule has 3 aromatic rings. The molecule has 2 atom stereocenters. The Kier molecular flexibility index (Phi) is 6.13. The van der Waals surface area contributed by atoms with Gasteiger partial charge in [-0.25, -0.2) is 9.79 Å². The lowest BCUT2D eigenvalue weighted by atomic mass is 10.0. The van der Waals surface area contributed by atoms with Crippen molar-refractivity contribution in [1.29, 1.82) is 0 Å². The van der Waals surface area contributed by atoms with Crippen LogP contribution in [0.2, 0.25) is 0 Å². The first-order chi connectivity index (χ1) is 18.6. The van der Waals surface area contributed by atoms with Crippen LogP contribution in [0, 0.1) is 11.8 Å². The van der Waals surface area contributed by atoms with Crippen molar-refractivity contribution < 1.29 is 24.3 Å². The molecule has 10 nitrogen and oxygen atoms in total. The van der Waals surface area contributed by atoms with E-state index in [9.17, 15) is 14.7 Å². The summed E-state index contributed by atoms with van der Waals surface area (Å²) in [5.74, 6) is 0.127. The van der Waals surface area contributed by atoms with Gasteiger partial charge in [0.2, 0.25) is 0 Å². The standard InChI is InChI=1S/C28H28BrN5O5/c1-28(2,3)39-27(37)34-11-17-18(12-34)23(17)32-21(35)13-38-33-24-15-6-4-5-7-19(15)30-25(24)22-16-10-14(29)8-9-20(16)31-26(22)36/h4-10,17-18,23,31,36H,11-13H2,1-3H3,(H,32,35)/b33-24+. The smallest absolute Gasteiger partial charge is 0.410 e. The van der Waals surface area contributed by atoms with Crippen LogP contribution in [0.4, 0.5) is 10.5 Å². The number of hydrogen-bond donors (Lipinski definition) is 3. The number of likely N-dealkylation sites (tertiary alicyclic amines) is 1. The number of hydrogen-bond acceptors (Lipinski definition) is 7. The van der Waals surface area contributed by atoms with Gasteiger partial charge in [-0.15, -0.1) is 0 Å². The molecule has 3 N–H and O–H groups in total. The van der Waals surface area contributed by atoms with Crippen molar-refractivity contribution in [2.24, 2.45) is 22.0 Å². The number of aliphatic imine (C=N–C) groups is 1. The number of rotatable bonds is 5. The van der Waals surface area contributed by atoms with Gasteiger partial charge in [0.25, 0.3) is 5.91 Å². The molecule has 2 unspecified atom stereocenters. The molecule has 0 bridgehead atoms. The third kappa shape index (κ3) is 4.87. The normalized spacial score (nSPS) is 22.5. The molecule has 6 rings (SSSR count). The van der Waals surface area contributed by atoms with Crippen molar-refractivity contribution in [1.82, 2.24) is 15.2 Å². The number of aromatic amines is 1. The van der Waals surface area contributed by atoms with Gasteiger partial charge in [-0.05, 0) is 45.0 Å². The minimum atomic E-state index is -0.537. The molecule has 0 radical (unpaired) electrons. The van der Waals surface area contributed by atoms with Gasteiger partial charge in [0.1, 0.15) is 17.0 Å². The van der Waals surface area contributed by atoms with E-state index in [0.29, 0.717) is 35.8 Å². The van der Waals surface area contributed by atoms with Crippen LogP contribution in [-0.2, 0) is 14.4 Å². The maximum Gasteiger partial charge on any atom is 0.410 e. The lowest BCUT2D eigenvalue weighted by Gasteiger charge is -2.26. The average Bonchev–Trinajstić information content (AvgIpc) is 3.22. The highest BCUT2D eigenvalue weighted by Crippen LogP contribution is 2.45. The first-order valence-corrected chi connectivity index (χ1v) is 13.5. The van der Waals surface area contributed by atoms with Gasteiger partial charge in [-0.2, -0.15) is 0 Å². The highest BCUT2D eigenvalue weighted by atomic mass is 79.9. The molecule has 1 saturated heterocycles. The summed E-state index contributed by atoms with van der Waals surface area (Å²) in [5, 5.41) is 18.8. The Labute approximate surface area is 233 Å². The number of fused-ring (bicyclic) bond motifs is 3. The van der Waals surface area contributed by atoms with Crippen LogP contribution in [0.3, 0.4) is 0 Å². The number of amides is 2. The predicted molar refractivity (Wildman–Crippen MR) is 150 cm³/mol. The van der Waals surface area contributed by atoms with Crippen molar-refractivity contribution >= 4 is 55.9 Å². The van der Waals surface area contributed by atoms with Gasteiger partial charge in [0, 0.05) is 51.9 Å². The Morgan fingerprint density at radius 3 is 2.69 bits per heavy atom. The number of aromatic hydroxyl groups is 1. The predicted octanol–water partition coefficient (Wildman–Crippen LogP) is 4.47. The largest absolute Gasteiger partial charge is 0.494 e. The molecular formula is C28H28BrN5O5. The number of halogens is 1. The molecule has 2 amide bonds. The lowest BCUT2D eigenvalue weighted by Crippen LogP contribution is -2.40. The number of nitrogens with zero attached hydrogens (tertiary/aromatic N) is 3. The fourth-order valence-electron chi connectivity index (χ4n) is 5.33. The molecule has 2 aromatic carbocycles. The maximum atomic E-state index is 12.6. The summed E-state index contributed by atoms with van der Waals surface area (Å²) in [6.07, 6.45) is -0.318. The summed E-state index contributed by atoms with van der Waals surface area (Å²) in [6.45, 7) is 6.39. The van der Waals surface area contributed by atoms with Gasteiger partial charge in [-0.3, -0.25) is 4.79 Å². The minimum absolute atomic E-state index is 0.0124. The van der Waals surface area contributed by atoms with Crippen molar-refractivity contribution in [3.63, 3.8) is 0 Å². The van der Waals surface area contributed by atoms with E-state index in [2.05, 4.69) is 31.4 Å². The Morgan fingerprint density at radius 1 is 1.21 bits per heavy atom. The number of nitrogens with one attached hydrogen (secondary N) is 2. The number of carbonyl (C=O) groups is 2. The molecule has 202 valence electrons. The fourth-order valence-corrected chi connectivity index (χ4v) is 5.69. The van der Waals surface area contributed by atoms with Gasteiger partial charge >= 0.3 is 6.09 Å². The third-order valence-corrected chi connectivity index (χ3v) is 7.61. The van der Waals surface area contributed by atoms with Crippen LogP contribution in [-0.4, -0.2) is 69.8 Å². The van der Waals surface area contributed by atoms with Crippen LogP contribution >= 0.6 is 15.9 Å². The summed E-state index contributed by atoms with van der Waals surface area (Å²) in [6, 6.07) is 13.1. The molecule has 1 aliphatic carbocycles. The first kappa shape index (κ1) is 25.4. The molecule has 3 aliphatic rings. The zero-order valence-electron chi connectivity index (χ0n) is 21.7. The first-order valence-electron chi connectivity index (χ1n) is 12.8. The van der Waals surface area contributed by atoms with Crippen molar-refractivity contribution in [2.45, 2.75) is 32.4 Å². The van der Waals surface area contributed by atoms with Gasteiger partial charge in [0.15, 0.2) is 12.5 Å². The number of benzene rings is 2. The highest BCUT2D eigenvalue weighted by Gasteiger charge is 2.58. The molecule has 39 heavy (non-hydrogen) atoms. The zero-order valence-corrected chi connectivity index (χ0v) is 23.3. The van der Waals surface area contributed by atoms with E-state index >= 15 is 0 Å². The van der Waals surface area contributed by atoms with Gasteiger partial charge in [0.05, 0.1) is 11.3 Å². The maximum absolute atomic E-state index is 12.6. The van der Waals surface area contributed by atoms with Crippen LogP contribution in [0.1, 0.15) is 31.9 Å². The monoisotopic (exact) mass is 593 g/mol. The Morgan fingerprint density at radius 2 is 1.95 bits per heavy atom. The van der Waals surface area contributed by atoms with E-state index in [4.69, 9.17) is 14.6 Å². The topological polar surface area (TPSA) is 129 Å². The van der Waals surface area contributed by atoms with Gasteiger partial charge in [-0.1, -0.05) is 39.3 Å². The van der Waals surface area contributed by atoms with E-state index in [1.165, 1.54) is 0 Å². The van der Waals surface area contributed by atoms with E-state index in [-0.39, 0.29) is 42.4 Å². The van der Waals surface area contributed by atoms with E-state index < -0.39 is 5.60 Å². The second-order valence-corrected chi connectivity index (χ2v) is 12.0. The number of oxime groups is 1. The minimum Gasteiger partial charge on any atom is -0.494 e. The summed E-state index contributed by atoms with van der Waals surface area (Å²) in [5.41, 5.74) is 3.06. The number of ether oxygens (including phenoxy) is 1. The van der Waals surface area contributed by atoms with Crippen LogP contribution in [0.5, 0.6) is 5.88 Å². The molecular weight excluding hydrogens is 566 g/mol. The molecule has 1 aromatic heterocycles. The zero-order chi connectivity index (χ0) is 27.5. The SMILES string of the molecule is CC(C)(C)OC(=O)N1CC2C(C1)C2NC(=O)CO/N=C1/C(c2c(O)[nH]c3ccc(Br)cc23)=Nc2ccccc21. The fraction of sp³-hybridized carbons (Fsp3) is 0.357. The summed E-state index contributed by atoms with van der Waals surface area (Å²) in [7, 11) is 0. The second kappa shape index (κ2) is 9.41. The van der Waals surface area contributed by atoms with Crippen LogP contribution in [0.25, 0.3) is 10.9 Å². The Hall–Kier alpha value is -3.86. The molecule has 1 saturated carbocycles. The average molecular weight is 594 g/mol. The lowest BCUT2D eigenvalue weighted by molar-refractivity contribution is -0.126. The molecule has 0 spiro atoms. The quantitative estimate of drug-likeness (QED) is 0.376. The molecule has 3 heterocycles. The number of piperidine rings is 1. The van der Waals surface area contributed by atoms with Crippen LogP contribution in [0.15, 0.2) is 57.1 Å². The van der Waals surface area contributed by atoms with E-state index in [0.717, 1.165) is 20.9 Å². The Balaban J connectivity index is 1.12. The second-order valence-electron chi connectivity index (χ2n) is 11.0. The number of H-pyrrole nitrogens is 1. The van der Waals surface area contributed by atoms with Crippen molar-refractivity contribution in [3.05, 3.63) is 58.1 Å². The number of aromatic nitrogens is 1. The summed E-state index contributed by atoms with van der Waals surface area (Å²) < 4.78 is 6.30. The third-order valence-electron chi connectivity index (χ3n) is 7.12. The summed E-state index contributed by atoms with van der Waals surface area (Å²) in [4.78, 5) is 39.8. The van der Waals surface area contributed by atoms with E-state index in [1.54, 1.807) is 4.90 Å². The number of para-hydroxylation sites is 1. The van der Waals surface area contributed by atoms with E-state index in [1.807, 2.05) is 63.2 Å². The highest BCUT2D eigenvalue weighted by molar-refractivity contribution is 9.10. The summed E-state index contributed by atoms with van der Waals surface area (Å²) >= 11 is 3.49. The van der Waals surface area contributed by atoms with Crippen molar-refractivity contribution in [3.8, 4) is 5.88 Å².